The van der Waals surface area contributed by atoms with Gasteiger partial charge in [0.1, 0.15) is 7.85 Å². The van der Waals surface area contributed by atoms with E-state index in [2.05, 4.69) is 223 Å². The Bertz CT molecular complexity index is 4240. The summed E-state index contributed by atoms with van der Waals surface area (Å²) < 4.78 is 2.26. The van der Waals surface area contributed by atoms with Crippen molar-refractivity contribution in [3.63, 3.8) is 0 Å². The Balaban J connectivity index is 0.988. The summed E-state index contributed by atoms with van der Waals surface area (Å²) in [5.74, 6) is 0. The lowest BCUT2D eigenvalue weighted by Crippen LogP contribution is -2.04. The Morgan fingerprint density at radius 2 is 1.06 bits per heavy atom. The molecule has 0 spiro atoms. The minimum Gasteiger partial charge on any atom is -0.404 e. The van der Waals surface area contributed by atoms with E-state index in [4.69, 9.17) is 18.6 Å². The third-order valence-electron chi connectivity index (χ3n) is 14.1. The molecule has 0 aliphatic heterocycles. The van der Waals surface area contributed by atoms with E-state index in [0.29, 0.717) is 5.46 Å². The summed E-state index contributed by atoms with van der Waals surface area (Å²) in [6.07, 6.45) is 13.0. The van der Waals surface area contributed by atoms with Gasteiger partial charge in [0.05, 0.1) is 22.2 Å². The maximum Gasteiger partial charge on any atom is 0.113 e. The highest BCUT2D eigenvalue weighted by Gasteiger charge is 2.20. The van der Waals surface area contributed by atoms with Gasteiger partial charge in [0.25, 0.3) is 0 Å². The molecule has 0 atom stereocenters. The number of hydrogen-bond donors (Lipinski definition) is 1. The first kappa shape index (κ1) is 41.2. The number of rotatable bonds is 7. The third kappa shape index (κ3) is 7.12. The Hall–Kier alpha value is -8.99. The van der Waals surface area contributed by atoms with Crippen LogP contribution in [-0.2, 0) is 0 Å². The Labute approximate surface area is 407 Å². The van der Waals surface area contributed by atoms with Gasteiger partial charge in [0.15, 0.2) is 0 Å². The van der Waals surface area contributed by atoms with E-state index in [-0.39, 0.29) is 0 Å². The van der Waals surface area contributed by atoms with Crippen LogP contribution < -0.4 is 11.2 Å². The molecule has 0 saturated heterocycles. The highest BCUT2D eigenvalue weighted by atomic mass is 15.0. The van der Waals surface area contributed by atoms with Crippen LogP contribution in [0, 0.1) is 0 Å². The third-order valence-corrected chi connectivity index (χ3v) is 14.1. The molecule has 1 aliphatic rings. The minimum atomic E-state index is 0.705. The lowest BCUT2D eigenvalue weighted by atomic mass is 9.84. The summed E-state index contributed by atoms with van der Waals surface area (Å²) >= 11 is 0. The van der Waals surface area contributed by atoms with Gasteiger partial charge in [0.2, 0.25) is 0 Å². The fourth-order valence-corrected chi connectivity index (χ4v) is 10.8. The van der Waals surface area contributed by atoms with E-state index < -0.39 is 0 Å². The van der Waals surface area contributed by atoms with E-state index >= 15 is 0 Å². The van der Waals surface area contributed by atoms with Gasteiger partial charge in [-0.3, -0.25) is 0 Å². The molecule has 0 amide bonds. The molecule has 0 unspecified atom stereocenters. The van der Waals surface area contributed by atoms with Gasteiger partial charge in [-0.15, -0.1) is 0 Å². The van der Waals surface area contributed by atoms with Crippen molar-refractivity contribution >= 4 is 83.9 Å². The van der Waals surface area contributed by atoms with Crippen LogP contribution in [-0.4, -0.2) is 17.4 Å². The first-order chi connectivity index (χ1) is 34.5. The zero-order chi connectivity index (χ0) is 46.7. The van der Waals surface area contributed by atoms with E-state index in [1.807, 2.05) is 18.2 Å². The maximum absolute atomic E-state index is 6.38. The summed E-state index contributed by atoms with van der Waals surface area (Å²) in [7, 11) is 6.38. The quantitative estimate of drug-likeness (QED) is 0.128. The molecule has 0 saturated carbocycles. The van der Waals surface area contributed by atoms with Gasteiger partial charge >= 0.3 is 0 Å². The smallest absolute Gasteiger partial charge is 0.113 e. The Kier molecular flexibility index (Phi) is 9.99. The average Bonchev–Trinajstić information content (AvgIpc) is 3.74. The molecule has 3 nitrogen and oxygen atoms in total. The molecule has 0 fully saturated rings. The first-order valence-electron chi connectivity index (χ1n) is 23.9. The zero-order valence-corrected chi connectivity index (χ0v) is 38.4. The van der Waals surface area contributed by atoms with Crippen LogP contribution in [0.1, 0.15) is 12.1 Å². The second kappa shape index (κ2) is 17.0. The van der Waals surface area contributed by atoms with Gasteiger partial charge in [-0.05, 0) is 166 Å². The van der Waals surface area contributed by atoms with Crippen molar-refractivity contribution in [2.45, 2.75) is 6.42 Å². The standard InChI is InChI=1S/C66H44BN3/c67-54-20-11-21-55(40-54)70-62-32-29-50(39-60(62)66-63(70)33-31-61(69-66)53(41-68)34-42-12-2-1-3-13-42)48-19-10-18-47(35-48)49-28-30-58-59(38-49)65(52-27-25-44-15-5-7-17-46(44)37-52)57-23-9-8-22-56(57)64(58)51-26-24-43-14-4-6-16-45(43)36-51/h1-12,14-41H,13,68H2/b42-34-,53-41+. The van der Waals surface area contributed by atoms with Crippen molar-refractivity contribution in [3.05, 3.63) is 254 Å². The van der Waals surface area contributed by atoms with Gasteiger partial charge in [0, 0.05) is 22.8 Å². The summed E-state index contributed by atoms with van der Waals surface area (Å²) in [4.78, 5) is 5.37. The number of aromatic nitrogens is 2. The Morgan fingerprint density at radius 1 is 0.471 bits per heavy atom. The molecule has 326 valence electrons. The van der Waals surface area contributed by atoms with E-state index in [9.17, 15) is 0 Å². The number of pyridine rings is 1. The molecule has 0 bridgehead atoms. The van der Waals surface area contributed by atoms with Crippen molar-refractivity contribution in [2.75, 3.05) is 0 Å². The summed E-state index contributed by atoms with van der Waals surface area (Å²) in [6, 6.07) is 75.0. The van der Waals surface area contributed by atoms with Crippen LogP contribution in [0.3, 0.4) is 0 Å². The number of benzene rings is 10. The second-order valence-corrected chi connectivity index (χ2v) is 18.3. The second-order valence-electron chi connectivity index (χ2n) is 18.3. The molecule has 13 rings (SSSR count). The predicted molar refractivity (Wildman–Crippen MR) is 299 cm³/mol. The topological polar surface area (TPSA) is 43.8 Å². The minimum absolute atomic E-state index is 0.705. The molecule has 2 heterocycles. The van der Waals surface area contributed by atoms with Crippen LogP contribution in [0.5, 0.6) is 0 Å². The summed E-state index contributed by atoms with van der Waals surface area (Å²) in [5.41, 5.74) is 23.2. The molecule has 2 aromatic heterocycles. The van der Waals surface area contributed by atoms with Crippen LogP contribution in [0.25, 0.3) is 121 Å². The van der Waals surface area contributed by atoms with Crippen molar-refractivity contribution in [2.24, 2.45) is 5.73 Å². The maximum atomic E-state index is 6.38. The van der Waals surface area contributed by atoms with Crippen molar-refractivity contribution in [1.29, 1.82) is 0 Å². The average molecular weight is 890 g/mol. The number of allylic oxidation sites excluding steroid dienone is 7. The van der Waals surface area contributed by atoms with Crippen LogP contribution >= 0.6 is 0 Å². The number of nitrogens with zero attached hydrogens (tertiary/aromatic N) is 2. The molecule has 10 aromatic carbocycles. The van der Waals surface area contributed by atoms with Gasteiger partial charge in [-0.25, -0.2) is 4.98 Å². The monoisotopic (exact) mass is 889 g/mol. The Morgan fingerprint density at radius 3 is 1.73 bits per heavy atom. The van der Waals surface area contributed by atoms with Gasteiger partial charge in [-0.2, -0.15) is 0 Å². The fourth-order valence-electron chi connectivity index (χ4n) is 10.8. The van der Waals surface area contributed by atoms with Crippen molar-refractivity contribution in [3.8, 4) is 50.2 Å². The molecule has 12 aromatic rings. The summed E-state index contributed by atoms with van der Waals surface area (Å²) in [6.45, 7) is 0. The van der Waals surface area contributed by atoms with Gasteiger partial charge < -0.3 is 10.3 Å². The molecule has 70 heavy (non-hydrogen) atoms. The zero-order valence-electron chi connectivity index (χ0n) is 38.4. The lowest BCUT2D eigenvalue weighted by Gasteiger charge is -2.19. The molecular weight excluding hydrogens is 846 g/mol. The van der Waals surface area contributed by atoms with Gasteiger partial charge in [-0.1, -0.05) is 175 Å². The van der Waals surface area contributed by atoms with E-state index in [0.717, 1.165) is 67.6 Å². The largest absolute Gasteiger partial charge is 0.404 e. The van der Waals surface area contributed by atoms with E-state index in [1.165, 1.54) is 70.9 Å². The van der Waals surface area contributed by atoms with Crippen LogP contribution in [0.2, 0.25) is 0 Å². The molecule has 2 N–H and O–H groups in total. The SMILES string of the molecule is [B]c1cccc(-n2c3ccc(-c4cccc(-c5ccc6c(-c7ccc8ccccc8c7)c7ccccc7c(-c7ccc8ccccc8c7)c6c5)c4)cc3c3nc(C(/C=C4/C=CC=CC4)=C/N)ccc32)c1. The highest BCUT2D eigenvalue weighted by molar-refractivity contribution is 6.32. The molecular formula is C66H44BN3. The number of nitrogens with two attached hydrogens (primary N) is 1. The lowest BCUT2D eigenvalue weighted by molar-refractivity contribution is 1.18. The molecule has 2 radical (unpaired) electrons. The predicted octanol–water partition coefficient (Wildman–Crippen LogP) is 16.0. The highest BCUT2D eigenvalue weighted by Crippen LogP contribution is 2.46. The van der Waals surface area contributed by atoms with E-state index in [1.54, 1.807) is 6.20 Å². The first-order valence-corrected chi connectivity index (χ1v) is 23.9. The summed E-state index contributed by atoms with van der Waals surface area (Å²) in [5, 5.41) is 10.9. The number of hydrogen-bond acceptors (Lipinski definition) is 2. The molecule has 4 heteroatoms. The fraction of sp³-hybridized carbons (Fsp3) is 0.0152. The van der Waals surface area contributed by atoms with Crippen LogP contribution in [0.15, 0.2) is 248 Å². The normalized spacial score (nSPS) is 13.5. The molecule has 1 aliphatic carbocycles. The van der Waals surface area contributed by atoms with Crippen molar-refractivity contribution < 1.29 is 0 Å². The van der Waals surface area contributed by atoms with Crippen LogP contribution in [0.4, 0.5) is 0 Å². The van der Waals surface area contributed by atoms with Crippen molar-refractivity contribution in [1.82, 2.24) is 9.55 Å². The number of fused-ring (bicyclic) bond motifs is 7.